The summed E-state index contributed by atoms with van der Waals surface area (Å²) >= 11 is 1.83. The third-order valence-corrected chi connectivity index (χ3v) is 4.84. The first-order valence-corrected chi connectivity index (χ1v) is 7.76. The Balaban J connectivity index is 1.67. The summed E-state index contributed by atoms with van der Waals surface area (Å²) in [6.07, 6.45) is 1.08. The Kier molecular flexibility index (Phi) is 2.82. The minimum Gasteiger partial charge on any atom is -0.377 e. The lowest BCUT2D eigenvalue weighted by atomic mass is 10.0. The zero-order valence-electron chi connectivity index (χ0n) is 11.0. The third-order valence-electron chi connectivity index (χ3n) is 3.85. The van der Waals surface area contributed by atoms with Crippen molar-refractivity contribution in [3.8, 4) is 11.1 Å². The van der Waals surface area contributed by atoms with Gasteiger partial charge in [0.25, 0.3) is 0 Å². The first kappa shape index (κ1) is 11.7. The van der Waals surface area contributed by atoms with Crippen molar-refractivity contribution >= 4 is 17.0 Å². The molecule has 0 aliphatic carbocycles. The zero-order valence-corrected chi connectivity index (χ0v) is 11.9. The fourth-order valence-electron chi connectivity index (χ4n) is 2.83. The second kappa shape index (κ2) is 4.80. The highest BCUT2D eigenvalue weighted by Crippen LogP contribution is 2.37. The van der Waals surface area contributed by atoms with Crippen LogP contribution in [-0.4, -0.2) is 0 Å². The molecule has 1 atom stereocenters. The van der Waals surface area contributed by atoms with Gasteiger partial charge < -0.3 is 5.32 Å². The summed E-state index contributed by atoms with van der Waals surface area (Å²) in [6, 6.07) is 22.1. The van der Waals surface area contributed by atoms with E-state index >= 15 is 0 Å². The lowest BCUT2D eigenvalue weighted by Gasteiger charge is -2.07. The van der Waals surface area contributed by atoms with Gasteiger partial charge in [-0.05, 0) is 46.7 Å². The number of hydrogen-bond acceptors (Lipinski definition) is 2. The number of hydrogen-bond donors (Lipinski definition) is 1. The lowest BCUT2D eigenvalue weighted by Crippen LogP contribution is -2.02. The van der Waals surface area contributed by atoms with Gasteiger partial charge >= 0.3 is 0 Å². The molecule has 0 bridgehead atoms. The lowest BCUT2D eigenvalue weighted by molar-refractivity contribution is 0.843. The van der Waals surface area contributed by atoms with Crippen molar-refractivity contribution in [2.24, 2.45) is 0 Å². The summed E-state index contributed by atoms with van der Waals surface area (Å²) in [5.41, 5.74) is 5.29. The number of benzene rings is 2. The molecular formula is C18H15NS. The Morgan fingerprint density at radius 3 is 2.60 bits per heavy atom. The van der Waals surface area contributed by atoms with Crippen LogP contribution in [0.4, 0.5) is 5.69 Å². The molecule has 2 heteroatoms. The van der Waals surface area contributed by atoms with Crippen molar-refractivity contribution in [2.45, 2.75) is 12.5 Å². The van der Waals surface area contributed by atoms with Crippen LogP contribution in [0.2, 0.25) is 0 Å². The van der Waals surface area contributed by atoms with Gasteiger partial charge in [-0.15, -0.1) is 11.3 Å². The highest BCUT2D eigenvalue weighted by atomic mass is 32.1. The molecule has 1 aromatic heterocycles. The van der Waals surface area contributed by atoms with E-state index in [1.807, 2.05) is 11.3 Å². The largest absolute Gasteiger partial charge is 0.377 e. The topological polar surface area (TPSA) is 12.0 Å². The monoisotopic (exact) mass is 277 g/mol. The number of thiophene rings is 1. The standard InChI is InChI=1S/C18H15NS/c1-2-5-13(6-3-1)14-8-9-16-15(11-14)12-17(19-16)18-7-4-10-20-18/h1-11,17,19H,12H2. The van der Waals surface area contributed by atoms with Crippen molar-refractivity contribution in [3.63, 3.8) is 0 Å². The van der Waals surface area contributed by atoms with E-state index in [9.17, 15) is 0 Å². The average molecular weight is 277 g/mol. The zero-order chi connectivity index (χ0) is 13.4. The molecule has 2 heterocycles. The molecule has 0 radical (unpaired) electrons. The maximum absolute atomic E-state index is 3.63. The fraction of sp³-hybridized carbons (Fsp3) is 0.111. The minimum absolute atomic E-state index is 0.441. The minimum atomic E-state index is 0.441. The summed E-state index contributed by atoms with van der Waals surface area (Å²) in [4.78, 5) is 1.42. The van der Waals surface area contributed by atoms with E-state index in [-0.39, 0.29) is 0 Å². The molecule has 0 saturated carbocycles. The first-order valence-electron chi connectivity index (χ1n) is 6.88. The van der Waals surface area contributed by atoms with Gasteiger partial charge in [0.05, 0.1) is 6.04 Å². The molecule has 4 rings (SSSR count). The molecule has 0 amide bonds. The summed E-state index contributed by atoms with van der Waals surface area (Å²) in [5.74, 6) is 0. The van der Waals surface area contributed by atoms with Crippen LogP contribution in [-0.2, 0) is 6.42 Å². The predicted octanol–water partition coefficient (Wildman–Crippen LogP) is 5.12. The van der Waals surface area contributed by atoms with E-state index in [0.717, 1.165) is 6.42 Å². The highest BCUT2D eigenvalue weighted by Gasteiger charge is 2.22. The van der Waals surface area contributed by atoms with Crippen LogP contribution in [0.1, 0.15) is 16.5 Å². The van der Waals surface area contributed by atoms with Gasteiger partial charge in [0, 0.05) is 10.6 Å². The van der Waals surface area contributed by atoms with E-state index in [0.29, 0.717) is 6.04 Å². The Hall–Kier alpha value is -2.06. The SMILES string of the molecule is c1ccc(-c2ccc3c(c2)CC(c2cccs2)N3)cc1. The number of anilines is 1. The molecule has 1 unspecified atom stereocenters. The van der Waals surface area contributed by atoms with Gasteiger partial charge in [-0.2, -0.15) is 0 Å². The van der Waals surface area contributed by atoms with Gasteiger partial charge in [-0.3, -0.25) is 0 Å². The second-order valence-electron chi connectivity index (χ2n) is 5.15. The van der Waals surface area contributed by atoms with Gasteiger partial charge in [0.1, 0.15) is 0 Å². The Morgan fingerprint density at radius 2 is 1.80 bits per heavy atom. The quantitative estimate of drug-likeness (QED) is 0.685. The molecule has 0 fully saturated rings. The molecule has 2 aromatic carbocycles. The fourth-order valence-corrected chi connectivity index (χ4v) is 3.61. The molecule has 1 aliphatic heterocycles. The Bertz CT molecular complexity index is 716. The van der Waals surface area contributed by atoms with Gasteiger partial charge in [0.2, 0.25) is 0 Å². The van der Waals surface area contributed by atoms with Crippen LogP contribution in [0.25, 0.3) is 11.1 Å². The first-order chi connectivity index (χ1) is 9.90. The van der Waals surface area contributed by atoms with Crippen LogP contribution in [0.15, 0.2) is 66.0 Å². The smallest absolute Gasteiger partial charge is 0.0647 e. The number of rotatable bonds is 2. The van der Waals surface area contributed by atoms with E-state index < -0.39 is 0 Å². The van der Waals surface area contributed by atoms with Crippen molar-refractivity contribution < 1.29 is 0 Å². The third kappa shape index (κ3) is 2.02. The van der Waals surface area contributed by atoms with Crippen molar-refractivity contribution in [1.29, 1.82) is 0 Å². The molecular weight excluding hydrogens is 262 g/mol. The predicted molar refractivity (Wildman–Crippen MR) is 86.3 cm³/mol. The number of fused-ring (bicyclic) bond motifs is 1. The molecule has 98 valence electrons. The maximum atomic E-state index is 3.63. The van der Waals surface area contributed by atoms with Crippen LogP contribution >= 0.6 is 11.3 Å². The maximum Gasteiger partial charge on any atom is 0.0647 e. The molecule has 1 aliphatic rings. The van der Waals surface area contributed by atoms with Crippen molar-refractivity contribution in [1.82, 2.24) is 0 Å². The van der Waals surface area contributed by atoms with E-state index in [2.05, 4.69) is 71.4 Å². The van der Waals surface area contributed by atoms with Gasteiger partial charge in [0.15, 0.2) is 0 Å². The van der Waals surface area contributed by atoms with Crippen molar-refractivity contribution in [3.05, 3.63) is 76.5 Å². The summed E-state index contributed by atoms with van der Waals surface area (Å²) in [6.45, 7) is 0. The molecule has 0 saturated heterocycles. The normalized spacial score (nSPS) is 16.7. The van der Waals surface area contributed by atoms with Crippen molar-refractivity contribution in [2.75, 3.05) is 5.32 Å². The van der Waals surface area contributed by atoms with E-state index in [4.69, 9.17) is 0 Å². The average Bonchev–Trinajstić information content (AvgIpc) is 3.16. The van der Waals surface area contributed by atoms with Crippen LogP contribution in [0.5, 0.6) is 0 Å². The summed E-state index contributed by atoms with van der Waals surface area (Å²) < 4.78 is 0. The van der Waals surface area contributed by atoms with Crippen LogP contribution in [0.3, 0.4) is 0 Å². The van der Waals surface area contributed by atoms with Gasteiger partial charge in [-0.1, -0.05) is 42.5 Å². The molecule has 1 nitrogen and oxygen atoms in total. The highest BCUT2D eigenvalue weighted by molar-refractivity contribution is 7.10. The van der Waals surface area contributed by atoms with Crippen LogP contribution in [0, 0.1) is 0 Å². The van der Waals surface area contributed by atoms with E-state index in [1.54, 1.807) is 0 Å². The molecule has 20 heavy (non-hydrogen) atoms. The number of nitrogens with one attached hydrogen (secondary N) is 1. The summed E-state index contributed by atoms with van der Waals surface area (Å²) in [7, 11) is 0. The van der Waals surface area contributed by atoms with Gasteiger partial charge in [-0.25, -0.2) is 0 Å². The molecule has 0 spiro atoms. The second-order valence-corrected chi connectivity index (χ2v) is 6.13. The Labute approximate surface area is 122 Å². The molecule has 3 aromatic rings. The van der Waals surface area contributed by atoms with Crippen LogP contribution < -0.4 is 5.32 Å². The molecule has 1 N–H and O–H groups in total. The summed E-state index contributed by atoms with van der Waals surface area (Å²) in [5, 5.41) is 5.77. The Morgan fingerprint density at radius 1 is 0.900 bits per heavy atom. The van der Waals surface area contributed by atoms with E-state index in [1.165, 1.54) is 27.3 Å².